The maximum absolute atomic E-state index is 13.9. The van der Waals surface area contributed by atoms with E-state index in [0.29, 0.717) is 22.0 Å². The second-order valence-electron chi connectivity index (χ2n) is 7.00. The summed E-state index contributed by atoms with van der Waals surface area (Å²) in [5, 5.41) is 0.710. The van der Waals surface area contributed by atoms with Crippen molar-refractivity contribution in [3.05, 3.63) is 70.7 Å². The molecule has 1 aliphatic heterocycles. The molecule has 1 fully saturated rings. The predicted molar refractivity (Wildman–Crippen MR) is 102 cm³/mol. The Balaban J connectivity index is 1.92. The number of nitrogens with zero attached hydrogens (tertiary/aromatic N) is 2. The third-order valence-corrected chi connectivity index (χ3v) is 5.24. The van der Waals surface area contributed by atoms with E-state index in [1.807, 2.05) is 32.0 Å². The third-order valence-electron chi connectivity index (χ3n) is 5.24. The largest absolute Gasteiger partial charge is 0.370 e. The lowest BCUT2D eigenvalue weighted by Crippen LogP contribution is -2.21. The van der Waals surface area contributed by atoms with Gasteiger partial charge in [0.2, 0.25) is 0 Å². The van der Waals surface area contributed by atoms with Crippen LogP contribution in [0.1, 0.15) is 39.9 Å². The van der Waals surface area contributed by atoms with Gasteiger partial charge in [0, 0.05) is 30.2 Å². The zero-order chi connectivity index (χ0) is 18.3. The number of rotatable bonds is 3. The Bertz CT molecular complexity index is 1010. The number of carbonyl (C=O) groups excluding carboxylic acids is 1. The fraction of sp³-hybridized carbons (Fsp3) is 0.273. The van der Waals surface area contributed by atoms with Gasteiger partial charge in [-0.15, -0.1) is 0 Å². The molecule has 0 saturated carbocycles. The number of benzene rings is 2. The zero-order valence-electron chi connectivity index (χ0n) is 15.1. The van der Waals surface area contributed by atoms with Crippen LogP contribution in [0.2, 0.25) is 0 Å². The fourth-order valence-corrected chi connectivity index (χ4v) is 3.64. The van der Waals surface area contributed by atoms with Crippen LogP contribution in [0, 0.1) is 19.7 Å². The quantitative estimate of drug-likeness (QED) is 0.636. The van der Waals surface area contributed by atoms with E-state index in [1.165, 1.54) is 12.1 Å². The van der Waals surface area contributed by atoms with Crippen molar-refractivity contribution in [2.24, 2.45) is 0 Å². The Labute approximate surface area is 152 Å². The van der Waals surface area contributed by atoms with E-state index < -0.39 is 0 Å². The SMILES string of the molecule is Cc1ccc(C(=O)c2cnc3ccc(F)cc3c2N2CCCC2)cc1C. The average molecular weight is 348 g/mol. The molecule has 0 atom stereocenters. The molecule has 4 heteroatoms. The van der Waals surface area contributed by atoms with Crippen molar-refractivity contribution in [2.75, 3.05) is 18.0 Å². The van der Waals surface area contributed by atoms with Gasteiger partial charge in [-0.1, -0.05) is 12.1 Å². The van der Waals surface area contributed by atoms with Crippen LogP contribution in [-0.2, 0) is 0 Å². The van der Waals surface area contributed by atoms with Gasteiger partial charge < -0.3 is 4.90 Å². The van der Waals surface area contributed by atoms with Gasteiger partial charge in [0.15, 0.2) is 5.78 Å². The highest BCUT2D eigenvalue weighted by Gasteiger charge is 2.24. The number of aryl methyl sites for hydroxylation is 2. The standard InChI is InChI=1S/C22H21FN2O/c1-14-5-6-16(11-15(14)2)22(26)19-13-24-20-8-7-17(23)12-18(20)21(19)25-9-3-4-10-25/h5-8,11-13H,3-4,9-10H2,1-2H3. The molecule has 0 amide bonds. The van der Waals surface area contributed by atoms with Gasteiger partial charge in [-0.25, -0.2) is 4.39 Å². The number of fused-ring (bicyclic) bond motifs is 1. The molecule has 1 aliphatic rings. The Morgan fingerprint density at radius 1 is 1.04 bits per heavy atom. The first kappa shape index (κ1) is 16.7. The van der Waals surface area contributed by atoms with Crippen molar-refractivity contribution in [1.29, 1.82) is 0 Å². The molecule has 3 aromatic rings. The molecule has 0 bridgehead atoms. The van der Waals surface area contributed by atoms with Crippen LogP contribution in [-0.4, -0.2) is 23.9 Å². The molecule has 0 unspecified atom stereocenters. The molecule has 1 aromatic heterocycles. The van der Waals surface area contributed by atoms with E-state index in [-0.39, 0.29) is 11.6 Å². The van der Waals surface area contributed by atoms with Crippen LogP contribution in [0.4, 0.5) is 10.1 Å². The molecule has 0 N–H and O–H groups in total. The number of pyridine rings is 1. The average Bonchev–Trinajstić information content (AvgIpc) is 3.16. The van der Waals surface area contributed by atoms with Gasteiger partial charge in [-0.3, -0.25) is 9.78 Å². The lowest BCUT2D eigenvalue weighted by molar-refractivity contribution is 0.103. The van der Waals surface area contributed by atoms with E-state index in [2.05, 4.69) is 9.88 Å². The summed E-state index contributed by atoms with van der Waals surface area (Å²) in [6.07, 6.45) is 3.80. The van der Waals surface area contributed by atoms with Crippen LogP contribution in [0.3, 0.4) is 0 Å². The van der Waals surface area contributed by atoms with E-state index in [9.17, 15) is 9.18 Å². The summed E-state index contributed by atoms with van der Waals surface area (Å²) in [5.41, 5.74) is 4.96. The maximum Gasteiger partial charge on any atom is 0.196 e. The van der Waals surface area contributed by atoms with Gasteiger partial charge in [0.1, 0.15) is 5.82 Å². The Morgan fingerprint density at radius 3 is 2.54 bits per heavy atom. The summed E-state index contributed by atoms with van der Waals surface area (Å²) in [6, 6.07) is 10.3. The first-order valence-electron chi connectivity index (χ1n) is 9.00. The van der Waals surface area contributed by atoms with Crippen LogP contribution in [0.5, 0.6) is 0 Å². The molecule has 2 heterocycles. The first-order valence-corrected chi connectivity index (χ1v) is 9.00. The van der Waals surface area contributed by atoms with Crippen LogP contribution >= 0.6 is 0 Å². The summed E-state index contributed by atoms with van der Waals surface area (Å²) in [4.78, 5) is 19.9. The maximum atomic E-state index is 13.9. The molecule has 2 aromatic carbocycles. The molecular formula is C22H21FN2O. The van der Waals surface area contributed by atoms with E-state index >= 15 is 0 Å². The highest BCUT2D eigenvalue weighted by atomic mass is 19.1. The van der Waals surface area contributed by atoms with Crippen molar-refractivity contribution in [1.82, 2.24) is 4.98 Å². The lowest BCUT2D eigenvalue weighted by atomic mass is 9.97. The molecule has 0 aliphatic carbocycles. The second kappa shape index (κ2) is 6.52. The zero-order valence-corrected chi connectivity index (χ0v) is 15.1. The molecule has 132 valence electrons. The van der Waals surface area contributed by atoms with Crippen molar-refractivity contribution >= 4 is 22.4 Å². The van der Waals surface area contributed by atoms with Crippen LogP contribution < -0.4 is 4.90 Å². The van der Waals surface area contributed by atoms with Gasteiger partial charge in [-0.05, 0) is 62.1 Å². The summed E-state index contributed by atoms with van der Waals surface area (Å²) >= 11 is 0. The van der Waals surface area contributed by atoms with Crippen molar-refractivity contribution in [3.8, 4) is 0 Å². The molecule has 4 rings (SSSR count). The molecule has 26 heavy (non-hydrogen) atoms. The number of aromatic nitrogens is 1. The summed E-state index contributed by atoms with van der Waals surface area (Å²) in [7, 11) is 0. The van der Waals surface area contributed by atoms with Crippen LogP contribution in [0.15, 0.2) is 42.6 Å². The minimum absolute atomic E-state index is 0.0614. The van der Waals surface area contributed by atoms with E-state index in [4.69, 9.17) is 0 Å². The highest BCUT2D eigenvalue weighted by molar-refractivity contribution is 6.16. The second-order valence-corrected chi connectivity index (χ2v) is 7.00. The normalized spacial score (nSPS) is 14.2. The summed E-state index contributed by atoms with van der Waals surface area (Å²) in [6.45, 7) is 5.78. The fourth-order valence-electron chi connectivity index (χ4n) is 3.64. The predicted octanol–water partition coefficient (Wildman–Crippen LogP) is 4.82. The van der Waals surface area contributed by atoms with Crippen molar-refractivity contribution < 1.29 is 9.18 Å². The Morgan fingerprint density at radius 2 is 1.81 bits per heavy atom. The first-order chi connectivity index (χ1) is 12.5. The number of hydrogen-bond donors (Lipinski definition) is 0. The third kappa shape index (κ3) is 2.85. The van der Waals surface area contributed by atoms with Gasteiger partial charge in [0.05, 0.1) is 16.8 Å². The highest BCUT2D eigenvalue weighted by Crippen LogP contribution is 2.34. The molecule has 0 radical (unpaired) electrons. The van der Waals surface area contributed by atoms with Gasteiger partial charge in [0.25, 0.3) is 0 Å². The van der Waals surface area contributed by atoms with Crippen molar-refractivity contribution in [2.45, 2.75) is 26.7 Å². The number of anilines is 1. The molecular weight excluding hydrogens is 327 g/mol. The Hall–Kier alpha value is -2.75. The Kier molecular flexibility index (Phi) is 4.19. The van der Waals surface area contributed by atoms with Gasteiger partial charge >= 0.3 is 0 Å². The number of halogens is 1. The summed E-state index contributed by atoms with van der Waals surface area (Å²) < 4.78 is 13.9. The molecule has 0 spiro atoms. The van der Waals surface area contributed by atoms with Gasteiger partial charge in [-0.2, -0.15) is 0 Å². The van der Waals surface area contributed by atoms with E-state index in [0.717, 1.165) is 42.7 Å². The topological polar surface area (TPSA) is 33.2 Å². The lowest BCUT2D eigenvalue weighted by Gasteiger charge is -2.23. The van der Waals surface area contributed by atoms with Crippen molar-refractivity contribution in [3.63, 3.8) is 0 Å². The minimum Gasteiger partial charge on any atom is -0.370 e. The van der Waals surface area contributed by atoms with E-state index in [1.54, 1.807) is 12.3 Å². The summed E-state index contributed by atoms with van der Waals surface area (Å²) in [5.74, 6) is -0.371. The monoisotopic (exact) mass is 348 g/mol. The van der Waals surface area contributed by atoms with Crippen LogP contribution in [0.25, 0.3) is 10.9 Å². The number of carbonyl (C=O) groups is 1. The number of hydrogen-bond acceptors (Lipinski definition) is 3. The number of ketones is 1. The molecule has 3 nitrogen and oxygen atoms in total. The minimum atomic E-state index is -0.310. The molecule has 1 saturated heterocycles. The smallest absolute Gasteiger partial charge is 0.196 e.